The summed E-state index contributed by atoms with van der Waals surface area (Å²) in [6.45, 7) is 7.81. The average molecular weight is 333 g/mol. The van der Waals surface area contributed by atoms with Crippen LogP contribution in [0.1, 0.15) is 38.1 Å². The molecule has 3 unspecified atom stereocenters. The van der Waals surface area contributed by atoms with Gasteiger partial charge in [-0.1, -0.05) is 11.6 Å². The summed E-state index contributed by atoms with van der Waals surface area (Å²) in [6.07, 6.45) is 1.09. The highest BCUT2D eigenvalue weighted by atomic mass is 35.5. The van der Waals surface area contributed by atoms with E-state index in [0.29, 0.717) is 29.7 Å². The molecular weight excluding hydrogens is 311 g/mol. The summed E-state index contributed by atoms with van der Waals surface area (Å²) in [5.74, 6) is 1.61. The van der Waals surface area contributed by atoms with Gasteiger partial charge in [-0.2, -0.15) is 0 Å². The molecule has 1 aliphatic rings. The highest BCUT2D eigenvalue weighted by molar-refractivity contribution is 6.33. The fourth-order valence-corrected chi connectivity index (χ4v) is 3.50. The van der Waals surface area contributed by atoms with Crippen molar-refractivity contribution in [3.05, 3.63) is 22.7 Å². The van der Waals surface area contributed by atoms with Crippen LogP contribution in [0.3, 0.4) is 0 Å². The van der Waals surface area contributed by atoms with Crippen molar-refractivity contribution in [2.45, 2.75) is 38.7 Å². The molecule has 2 rings (SSSR count). The second-order valence-corrected chi connectivity index (χ2v) is 5.99. The number of alkyl halides is 1. The second-order valence-electron chi connectivity index (χ2n) is 5.12. The van der Waals surface area contributed by atoms with E-state index >= 15 is 0 Å². The summed E-state index contributed by atoms with van der Waals surface area (Å²) in [7, 11) is 0. The fraction of sp³-hybridized carbons (Fsp3) is 0.625. The van der Waals surface area contributed by atoms with Gasteiger partial charge in [-0.15, -0.1) is 11.6 Å². The molecule has 0 aromatic heterocycles. The van der Waals surface area contributed by atoms with E-state index in [1.54, 1.807) is 6.07 Å². The zero-order valence-corrected chi connectivity index (χ0v) is 14.2. The molecular formula is C16H22Cl2O3. The lowest BCUT2D eigenvalue weighted by molar-refractivity contribution is 0.105. The van der Waals surface area contributed by atoms with Gasteiger partial charge in [0.15, 0.2) is 11.5 Å². The van der Waals surface area contributed by atoms with Crippen LogP contribution in [0.25, 0.3) is 0 Å². The summed E-state index contributed by atoms with van der Waals surface area (Å²) < 4.78 is 16.8. The van der Waals surface area contributed by atoms with Gasteiger partial charge in [0, 0.05) is 23.6 Å². The predicted octanol–water partition coefficient (Wildman–Crippen LogP) is 4.84. The van der Waals surface area contributed by atoms with Crippen molar-refractivity contribution in [2.75, 3.05) is 19.8 Å². The van der Waals surface area contributed by atoms with Crippen LogP contribution in [0.4, 0.5) is 0 Å². The molecule has 5 heteroatoms. The van der Waals surface area contributed by atoms with Crippen molar-refractivity contribution in [3.8, 4) is 11.5 Å². The molecule has 1 aromatic carbocycles. The van der Waals surface area contributed by atoms with E-state index in [0.717, 1.165) is 18.6 Å². The molecule has 0 N–H and O–H groups in total. The van der Waals surface area contributed by atoms with Crippen LogP contribution in [-0.2, 0) is 4.74 Å². The van der Waals surface area contributed by atoms with Gasteiger partial charge in [-0.3, -0.25) is 0 Å². The van der Waals surface area contributed by atoms with Gasteiger partial charge in [0.05, 0.1) is 24.7 Å². The maximum Gasteiger partial charge on any atom is 0.162 e. The Morgan fingerprint density at radius 3 is 2.38 bits per heavy atom. The first-order chi connectivity index (χ1) is 10.1. The number of halogens is 2. The Kier molecular flexibility index (Phi) is 6.03. The minimum Gasteiger partial charge on any atom is -0.490 e. The molecule has 0 amide bonds. The zero-order chi connectivity index (χ0) is 15.4. The summed E-state index contributed by atoms with van der Waals surface area (Å²) in [5, 5.41) is 0.422. The van der Waals surface area contributed by atoms with E-state index in [2.05, 4.69) is 6.92 Å². The first-order valence-electron chi connectivity index (χ1n) is 7.43. The van der Waals surface area contributed by atoms with Gasteiger partial charge in [0.2, 0.25) is 0 Å². The first-order valence-corrected chi connectivity index (χ1v) is 8.24. The third-order valence-corrected chi connectivity index (χ3v) is 4.66. The number of hydrogen-bond acceptors (Lipinski definition) is 3. The van der Waals surface area contributed by atoms with Crippen molar-refractivity contribution in [1.82, 2.24) is 0 Å². The standard InChI is InChI=1S/C16H22Cl2O3/c1-4-19-14-8-12(13(17)9-15(14)20-5-2)16(18)11-6-7-21-10(11)3/h8-11,16H,4-7H2,1-3H3. The van der Waals surface area contributed by atoms with E-state index < -0.39 is 0 Å². The maximum atomic E-state index is 6.65. The van der Waals surface area contributed by atoms with Crippen LogP contribution in [0, 0.1) is 5.92 Å². The zero-order valence-electron chi connectivity index (χ0n) is 12.7. The quantitative estimate of drug-likeness (QED) is 0.697. The molecule has 0 radical (unpaired) electrons. The molecule has 0 aliphatic carbocycles. The van der Waals surface area contributed by atoms with E-state index in [9.17, 15) is 0 Å². The summed E-state index contributed by atoms with van der Waals surface area (Å²) in [6, 6.07) is 3.70. The molecule has 1 saturated heterocycles. The minimum absolute atomic E-state index is 0.144. The van der Waals surface area contributed by atoms with Crippen molar-refractivity contribution < 1.29 is 14.2 Å². The highest BCUT2D eigenvalue weighted by Gasteiger charge is 2.33. The van der Waals surface area contributed by atoms with Crippen molar-refractivity contribution in [3.63, 3.8) is 0 Å². The van der Waals surface area contributed by atoms with Crippen LogP contribution in [0.5, 0.6) is 11.5 Å². The Morgan fingerprint density at radius 1 is 1.24 bits per heavy atom. The molecule has 3 nitrogen and oxygen atoms in total. The number of rotatable bonds is 6. The van der Waals surface area contributed by atoms with Crippen LogP contribution >= 0.6 is 23.2 Å². The van der Waals surface area contributed by atoms with Crippen LogP contribution in [0.2, 0.25) is 5.02 Å². The molecule has 1 aliphatic heterocycles. The van der Waals surface area contributed by atoms with Gasteiger partial charge in [-0.05, 0) is 38.8 Å². The fourth-order valence-electron chi connectivity index (χ4n) is 2.66. The Bertz CT molecular complexity index is 479. The van der Waals surface area contributed by atoms with Crippen molar-refractivity contribution in [1.29, 1.82) is 0 Å². The van der Waals surface area contributed by atoms with E-state index in [4.69, 9.17) is 37.4 Å². The molecule has 1 aromatic rings. The SMILES string of the molecule is CCOc1cc(Cl)c(C(Cl)C2CCOC2C)cc1OCC. The summed E-state index contributed by atoms with van der Waals surface area (Å²) in [5.41, 5.74) is 0.882. The van der Waals surface area contributed by atoms with Crippen LogP contribution in [0.15, 0.2) is 12.1 Å². The van der Waals surface area contributed by atoms with Crippen LogP contribution < -0.4 is 9.47 Å². The Hall–Kier alpha value is -0.640. The third kappa shape index (κ3) is 3.77. The molecule has 1 heterocycles. The Balaban J connectivity index is 2.31. The number of ether oxygens (including phenoxy) is 3. The smallest absolute Gasteiger partial charge is 0.162 e. The third-order valence-electron chi connectivity index (χ3n) is 3.77. The molecule has 118 valence electrons. The minimum atomic E-state index is -0.190. The summed E-state index contributed by atoms with van der Waals surface area (Å²) >= 11 is 13.1. The molecule has 0 bridgehead atoms. The van der Waals surface area contributed by atoms with Gasteiger partial charge in [0.1, 0.15) is 0 Å². The molecule has 21 heavy (non-hydrogen) atoms. The molecule has 1 fully saturated rings. The monoisotopic (exact) mass is 332 g/mol. The molecule has 0 saturated carbocycles. The van der Waals surface area contributed by atoms with Gasteiger partial charge in [0.25, 0.3) is 0 Å². The highest BCUT2D eigenvalue weighted by Crippen LogP contribution is 2.44. The van der Waals surface area contributed by atoms with E-state index in [1.807, 2.05) is 19.9 Å². The van der Waals surface area contributed by atoms with Crippen molar-refractivity contribution in [2.24, 2.45) is 5.92 Å². The lowest BCUT2D eigenvalue weighted by Crippen LogP contribution is -2.17. The maximum absolute atomic E-state index is 6.65. The molecule has 0 spiro atoms. The topological polar surface area (TPSA) is 27.7 Å². The second kappa shape index (κ2) is 7.57. The first kappa shape index (κ1) is 16.7. The average Bonchev–Trinajstić information content (AvgIpc) is 2.87. The molecule has 3 atom stereocenters. The number of hydrogen-bond donors (Lipinski definition) is 0. The van der Waals surface area contributed by atoms with E-state index in [-0.39, 0.29) is 17.4 Å². The normalized spacial score (nSPS) is 23.1. The lowest BCUT2D eigenvalue weighted by atomic mass is 9.93. The van der Waals surface area contributed by atoms with Gasteiger partial charge in [-0.25, -0.2) is 0 Å². The van der Waals surface area contributed by atoms with Gasteiger partial charge < -0.3 is 14.2 Å². The van der Waals surface area contributed by atoms with Gasteiger partial charge >= 0.3 is 0 Å². The Labute approximate surface area is 136 Å². The largest absolute Gasteiger partial charge is 0.490 e. The predicted molar refractivity (Wildman–Crippen MR) is 85.9 cm³/mol. The number of benzene rings is 1. The summed E-state index contributed by atoms with van der Waals surface area (Å²) in [4.78, 5) is 0. The lowest BCUT2D eigenvalue weighted by Gasteiger charge is -2.23. The Morgan fingerprint density at radius 2 is 1.86 bits per heavy atom. The van der Waals surface area contributed by atoms with E-state index in [1.165, 1.54) is 0 Å². The van der Waals surface area contributed by atoms with Crippen molar-refractivity contribution >= 4 is 23.2 Å². The van der Waals surface area contributed by atoms with Crippen LogP contribution in [-0.4, -0.2) is 25.9 Å².